The number of nitrogens with one attached hydrogen (secondary N) is 3. The van der Waals surface area contributed by atoms with Gasteiger partial charge in [0.15, 0.2) is 0 Å². The van der Waals surface area contributed by atoms with E-state index < -0.39 is 10.0 Å². The minimum absolute atomic E-state index is 0.148. The van der Waals surface area contributed by atoms with Gasteiger partial charge in [0, 0.05) is 25.0 Å². The van der Waals surface area contributed by atoms with Gasteiger partial charge in [0.25, 0.3) is 10.0 Å². The number of rotatable bonds is 5. The molecule has 0 radical (unpaired) electrons. The van der Waals surface area contributed by atoms with Crippen molar-refractivity contribution < 1.29 is 8.42 Å². The van der Waals surface area contributed by atoms with Gasteiger partial charge in [0.05, 0.1) is 16.8 Å². The molecule has 0 unspecified atom stereocenters. The third-order valence-corrected chi connectivity index (χ3v) is 3.53. The molecule has 0 atom stereocenters. The lowest BCUT2D eigenvalue weighted by atomic mass is 10.4. The summed E-state index contributed by atoms with van der Waals surface area (Å²) >= 11 is 0. The smallest absolute Gasteiger partial charge is 0.262 e. The number of sulfonamides is 1. The predicted octanol–water partition coefficient (Wildman–Crippen LogP) is 1.04. The summed E-state index contributed by atoms with van der Waals surface area (Å²) in [6.45, 7) is 2.58. The van der Waals surface area contributed by atoms with Gasteiger partial charge in [-0.15, -0.1) is 0 Å². The minimum atomic E-state index is -3.61. The summed E-state index contributed by atoms with van der Waals surface area (Å²) in [6, 6.07) is 2.91. The first kappa shape index (κ1) is 12.4. The molecule has 0 saturated heterocycles. The van der Waals surface area contributed by atoms with Crippen LogP contribution in [-0.2, 0) is 10.0 Å². The molecule has 0 fully saturated rings. The van der Waals surface area contributed by atoms with Crippen molar-refractivity contribution in [1.82, 2.24) is 15.2 Å². The van der Waals surface area contributed by atoms with Crippen LogP contribution in [0.1, 0.15) is 6.92 Å². The summed E-state index contributed by atoms with van der Waals surface area (Å²) in [7, 11) is -3.61. The summed E-state index contributed by atoms with van der Waals surface area (Å²) in [5.41, 5.74) is 0.386. The summed E-state index contributed by atoms with van der Waals surface area (Å²) in [5, 5.41) is 9.16. The highest BCUT2D eigenvalue weighted by atomic mass is 32.2. The van der Waals surface area contributed by atoms with Gasteiger partial charge in [-0.25, -0.2) is 13.4 Å². The van der Waals surface area contributed by atoms with Crippen LogP contribution in [0.3, 0.4) is 0 Å². The Balaban J connectivity index is 2.26. The Labute approximate surface area is 105 Å². The van der Waals surface area contributed by atoms with Crippen molar-refractivity contribution in [2.24, 2.45) is 0 Å². The van der Waals surface area contributed by atoms with Crippen LogP contribution in [0.15, 0.2) is 35.6 Å². The highest BCUT2D eigenvalue weighted by Crippen LogP contribution is 2.16. The molecule has 2 heterocycles. The zero-order valence-corrected chi connectivity index (χ0v) is 10.5. The van der Waals surface area contributed by atoms with Crippen molar-refractivity contribution in [1.29, 1.82) is 0 Å². The summed E-state index contributed by atoms with van der Waals surface area (Å²) in [6.07, 6.45) is 4.30. The van der Waals surface area contributed by atoms with Crippen LogP contribution < -0.4 is 10.0 Å². The lowest BCUT2D eigenvalue weighted by Crippen LogP contribution is -2.13. The number of anilines is 2. The molecule has 0 spiro atoms. The molecule has 0 aliphatic rings. The van der Waals surface area contributed by atoms with E-state index in [-0.39, 0.29) is 4.90 Å². The number of hydrogen-bond acceptors (Lipinski definition) is 5. The third kappa shape index (κ3) is 2.77. The maximum Gasteiger partial charge on any atom is 0.262 e. The average Bonchev–Trinajstić information content (AvgIpc) is 2.82. The van der Waals surface area contributed by atoms with Gasteiger partial charge in [0.2, 0.25) is 0 Å². The van der Waals surface area contributed by atoms with Crippen LogP contribution in [0.4, 0.5) is 11.5 Å². The van der Waals surface area contributed by atoms with Crippen molar-refractivity contribution in [2.45, 2.75) is 11.8 Å². The molecule has 8 heteroatoms. The van der Waals surface area contributed by atoms with Crippen LogP contribution >= 0.6 is 0 Å². The monoisotopic (exact) mass is 267 g/mol. The van der Waals surface area contributed by atoms with Crippen molar-refractivity contribution in [3.63, 3.8) is 0 Å². The lowest BCUT2D eigenvalue weighted by Gasteiger charge is -2.07. The van der Waals surface area contributed by atoms with Crippen molar-refractivity contribution in [3.05, 3.63) is 30.7 Å². The van der Waals surface area contributed by atoms with Gasteiger partial charge in [-0.05, 0) is 13.0 Å². The summed E-state index contributed by atoms with van der Waals surface area (Å²) < 4.78 is 26.5. The van der Waals surface area contributed by atoms with E-state index in [1.807, 2.05) is 6.92 Å². The number of H-pyrrole nitrogens is 1. The number of hydrogen-bond donors (Lipinski definition) is 3. The van der Waals surface area contributed by atoms with E-state index in [9.17, 15) is 8.42 Å². The molecular weight excluding hydrogens is 254 g/mol. The fourth-order valence-electron chi connectivity index (χ4n) is 1.38. The number of aromatic nitrogens is 3. The van der Waals surface area contributed by atoms with E-state index >= 15 is 0 Å². The fraction of sp³-hybridized carbons (Fsp3) is 0.200. The molecule has 3 N–H and O–H groups in total. The number of aromatic amines is 1. The van der Waals surface area contributed by atoms with Crippen molar-refractivity contribution in [3.8, 4) is 0 Å². The molecule has 0 amide bonds. The molecule has 2 aromatic rings. The van der Waals surface area contributed by atoms with Gasteiger partial charge in [0.1, 0.15) is 5.82 Å². The fourth-order valence-corrected chi connectivity index (χ4v) is 2.42. The molecule has 7 nitrogen and oxygen atoms in total. The molecule has 2 aromatic heterocycles. The zero-order chi connectivity index (χ0) is 13.0. The Morgan fingerprint density at radius 3 is 2.94 bits per heavy atom. The summed E-state index contributed by atoms with van der Waals surface area (Å²) in [5.74, 6) is 0.521. The van der Waals surface area contributed by atoms with Crippen molar-refractivity contribution >= 4 is 21.5 Å². The third-order valence-electron chi connectivity index (χ3n) is 2.15. The van der Waals surface area contributed by atoms with E-state index in [0.717, 1.165) is 0 Å². The van der Waals surface area contributed by atoms with Crippen LogP contribution in [0.5, 0.6) is 0 Å². The van der Waals surface area contributed by atoms with Crippen LogP contribution in [-0.4, -0.2) is 30.1 Å². The van der Waals surface area contributed by atoms with E-state index in [1.165, 1.54) is 30.7 Å². The van der Waals surface area contributed by atoms with E-state index in [4.69, 9.17) is 0 Å². The van der Waals surface area contributed by atoms with Gasteiger partial charge in [-0.3, -0.25) is 9.82 Å². The van der Waals surface area contributed by atoms with E-state index in [1.54, 1.807) is 0 Å². The molecule has 0 aliphatic heterocycles. The molecule has 2 rings (SSSR count). The second kappa shape index (κ2) is 5.05. The molecular formula is C10H13N5O2S. The Morgan fingerprint density at radius 2 is 2.28 bits per heavy atom. The molecule has 96 valence electrons. The number of pyridine rings is 1. The Hall–Kier alpha value is -2.09. The first-order valence-corrected chi connectivity index (χ1v) is 6.81. The average molecular weight is 267 g/mol. The largest absolute Gasteiger partial charge is 0.370 e. The highest BCUT2D eigenvalue weighted by molar-refractivity contribution is 7.92. The van der Waals surface area contributed by atoms with Gasteiger partial charge < -0.3 is 5.32 Å². The molecule has 0 aromatic carbocycles. The molecule has 0 aliphatic carbocycles. The Bertz CT molecular complexity index is 609. The predicted molar refractivity (Wildman–Crippen MR) is 67.8 cm³/mol. The van der Waals surface area contributed by atoms with Gasteiger partial charge in [-0.2, -0.15) is 5.10 Å². The normalized spacial score (nSPS) is 11.2. The van der Waals surface area contributed by atoms with E-state index in [2.05, 4.69) is 25.2 Å². The minimum Gasteiger partial charge on any atom is -0.370 e. The first-order chi connectivity index (χ1) is 8.62. The summed E-state index contributed by atoms with van der Waals surface area (Å²) in [4.78, 5) is 4.17. The van der Waals surface area contributed by atoms with Crippen LogP contribution in [0, 0.1) is 0 Å². The van der Waals surface area contributed by atoms with E-state index in [0.29, 0.717) is 18.1 Å². The van der Waals surface area contributed by atoms with Gasteiger partial charge in [-0.1, -0.05) is 0 Å². The zero-order valence-electron chi connectivity index (χ0n) is 9.71. The highest BCUT2D eigenvalue weighted by Gasteiger charge is 2.15. The SMILES string of the molecule is CCNc1cc(S(=O)(=O)Nc2cn[nH]c2)ccn1. The molecule has 0 bridgehead atoms. The quantitative estimate of drug-likeness (QED) is 0.751. The van der Waals surface area contributed by atoms with Crippen molar-refractivity contribution in [2.75, 3.05) is 16.6 Å². The Morgan fingerprint density at radius 1 is 1.44 bits per heavy atom. The second-order valence-electron chi connectivity index (χ2n) is 3.50. The molecule has 18 heavy (non-hydrogen) atoms. The molecule has 0 saturated carbocycles. The standard InChI is InChI=1S/C10H13N5O2S/c1-2-11-10-5-9(3-4-12-10)18(16,17)15-8-6-13-14-7-8/h3-7,15H,2H2,1H3,(H,11,12)(H,13,14). The van der Waals surface area contributed by atoms with Crippen LogP contribution in [0.2, 0.25) is 0 Å². The Kier molecular flexibility index (Phi) is 3.47. The van der Waals surface area contributed by atoms with Gasteiger partial charge >= 0.3 is 0 Å². The maximum atomic E-state index is 12.0. The lowest BCUT2D eigenvalue weighted by molar-refractivity contribution is 0.601. The second-order valence-corrected chi connectivity index (χ2v) is 5.18. The number of nitrogens with zero attached hydrogens (tertiary/aromatic N) is 2. The van der Waals surface area contributed by atoms with Crippen LogP contribution in [0.25, 0.3) is 0 Å². The topological polar surface area (TPSA) is 99.8 Å². The first-order valence-electron chi connectivity index (χ1n) is 5.33. The maximum absolute atomic E-state index is 12.0.